The summed E-state index contributed by atoms with van der Waals surface area (Å²) in [7, 11) is 0. The molecule has 2 heterocycles. The zero-order valence-electron chi connectivity index (χ0n) is 13.2. The average Bonchev–Trinajstić information content (AvgIpc) is 2.89. The van der Waals surface area contributed by atoms with E-state index in [1.807, 2.05) is 0 Å². The zero-order valence-corrected chi connectivity index (χ0v) is 13.2. The standard InChI is InChI=1S/C14H20F2N4O3/c1-3-23-14(22)19-6-4-18(5-7-19)12(21)9-20-10(2)8-11(17-20)13(15)16/h8,13H,3-7,9H2,1-2H3. The molecule has 7 nitrogen and oxygen atoms in total. The maximum absolute atomic E-state index is 12.6. The van der Waals surface area contributed by atoms with Crippen molar-refractivity contribution in [2.24, 2.45) is 0 Å². The molecule has 128 valence electrons. The fourth-order valence-corrected chi connectivity index (χ4v) is 2.38. The lowest BCUT2D eigenvalue weighted by Gasteiger charge is -2.34. The van der Waals surface area contributed by atoms with Crippen molar-refractivity contribution in [1.29, 1.82) is 0 Å². The molecule has 1 aromatic rings. The van der Waals surface area contributed by atoms with Crippen LogP contribution < -0.4 is 0 Å². The summed E-state index contributed by atoms with van der Waals surface area (Å²) >= 11 is 0. The van der Waals surface area contributed by atoms with Crippen LogP contribution in [-0.2, 0) is 16.1 Å². The second kappa shape index (κ2) is 7.38. The van der Waals surface area contributed by atoms with Gasteiger partial charge < -0.3 is 14.5 Å². The van der Waals surface area contributed by atoms with Gasteiger partial charge in [0.1, 0.15) is 12.2 Å². The predicted octanol–water partition coefficient (Wildman–Crippen LogP) is 1.43. The predicted molar refractivity (Wildman–Crippen MR) is 77.1 cm³/mol. The highest BCUT2D eigenvalue weighted by Gasteiger charge is 2.25. The molecule has 0 radical (unpaired) electrons. The first-order chi connectivity index (χ1) is 10.9. The van der Waals surface area contributed by atoms with E-state index in [0.29, 0.717) is 38.5 Å². The Labute approximate surface area is 132 Å². The highest BCUT2D eigenvalue weighted by atomic mass is 19.3. The third-order valence-electron chi connectivity index (χ3n) is 3.67. The monoisotopic (exact) mass is 330 g/mol. The Balaban J connectivity index is 1.89. The quantitative estimate of drug-likeness (QED) is 0.837. The van der Waals surface area contributed by atoms with Gasteiger partial charge in [-0.05, 0) is 19.9 Å². The number of piperazine rings is 1. The van der Waals surface area contributed by atoms with Crippen molar-refractivity contribution in [3.8, 4) is 0 Å². The largest absolute Gasteiger partial charge is 0.450 e. The lowest BCUT2D eigenvalue weighted by Crippen LogP contribution is -2.51. The molecule has 1 fully saturated rings. The molecule has 0 bridgehead atoms. The van der Waals surface area contributed by atoms with Gasteiger partial charge in [-0.3, -0.25) is 9.48 Å². The lowest BCUT2D eigenvalue weighted by atomic mass is 10.3. The molecule has 0 saturated carbocycles. The number of halogens is 2. The number of nitrogens with zero attached hydrogens (tertiary/aromatic N) is 4. The van der Waals surface area contributed by atoms with E-state index >= 15 is 0 Å². The number of hydrogen-bond acceptors (Lipinski definition) is 4. The number of carbonyl (C=O) groups is 2. The molecule has 9 heteroatoms. The summed E-state index contributed by atoms with van der Waals surface area (Å²) in [4.78, 5) is 27.0. The van der Waals surface area contributed by atoms with Crippen LogP contribution in [0.15, 0.2) is 6.07 Å². The van der Waals surface area contributed by atoms with Gasteiger partial charge in [0, 0.05) is 31.9 Å². The van der Waals surface area contributed by atoms with Crippen LogP contribution in [-0.4, -0.2) is 64.4 Å². The van der Waals surface area contributed by atoms with Gasteiger partial charge >= 0.3 is 6.09 Å². The van der Waals surface area contributed by atoms with Crippen molar-refractivity contribution >= 4 is 12.0 Å². The third kappa shape index (κ3) is 4.17. The number of hydrogen-bond donors (Lipinski definition) is 0. The van der Waals surface area contributed by atoms with Crippen LogP contribution in [0.2, 0.25) is 0 Å². The SMILES string of the molecule is CCOC(=O)N1CCN(C(=O)Cn2nc(C(F)F)cc2C)CC1. The molecule has 0 atom stereocenters. The van der Waals surface area contributed by atoms with Gasteiger partial charge in [-0.2, -0.15) is 5.10 Å². The Bertz CT molecular complexity index is 568. The van der Waals surface area contributed by atoms with Crippen molar-refractivity contribution in [1.82, 2.24) is 19.6 Å². The maximum Gasteiger partial charge on any atom is 0.409 e. The van der Waals surface area contributed by atoms with Crippen molar-refractivity contribution in [2.45, 2.75) is 26.8 Å². The molecular formula is C14H20F2N4O3. The summed E-state index contributed by atoms with van der Waals surface area (Å²) in [6, 6.07) is 1.27. The second-order valence-electron chi connectivity index (χ2n) is 5.24. The minimum Gasteiger partial charge on any atom is -0.450 e. The summed E-state index contributed by atoms with van der Waals surface area (Å²) in [5.41, 5.74) is 0.182. The fourth-order valence-electron chi connectivity index (χ4n) is 2.38. The number of rotatable bonds is 4. The highest BCUT2D eigenvalue weighted by molar-refractivity contribution is 5.76. The Morgan fingerprint density at radius 2 is 1.87 bits per heavy atom. The van der Waals surface area contributed by atoms with Crippen LogP contribution in [0.4, 0.5) is 13.6 Å². The molecule has 23 heavy (non-hydrogen) atoms. The van der Waals surface area contributed by atoms with Crippen LogP contribution in [0, 0.1) is 6.92 Å². The number of amides is 2. The van der Waals surface area contributed by atoms with E-state index in [0.717, 1.165) is 0 Å². The summed E-state index contributed by atoms with van der Waals surface area (Å²) in [5, 5.41) is 3.75. The number of aromatic nitrogens is 2. The fraction of sp³-hybridized carbons (Fsp3) is 0.643. The molecule has 0 spiro atoms. The van der Waals surface area contributed by atoms with Gasteiger partial charge in [0.25, 0.3) is 6.43 Å². The molecule has 0 N–H and O–H groups in total. The van der Waals surface area contributed by atoms with E-state index < -0.39 is 6.43 Å². The normalized spacial score (nSPS) is 15.2. The van der Waals surface area contributed by atoms with Crippen molar-refractivity contribution in [3.05, 3.63) is 17.5 Å². The molecule has 2 amide bonds. The first-order valence-electron chi connectivity index (χ1n) is 7.44. The number of aryl methyl sites for hydroxylation is 1. The molecule has 1 aromatic heterocycles. The van der Waals surface area contributed by atoms with Gasteiger partial charge in [-0.15, -0.1) is 0 Å². The Morgan fingerprint density at radius 3 is 2.39 bits per heavy atom. The molecule has 0 aliphatic carbocycles. The molecule has 2 rings (SSSR count). The summed E-state index contributed by atoms with van der Waals surface area (Å²) in [5.74, 6) is -0.208. The summed E-state index contributed by atoms with van der Waals surface area (Å²) in [6.07, 6.45) is -3.04. The van der Waals surface area contributed by atoms with Crippen molar-refractivity contribution in [2.75, 3.05) is 32.8 Å². The van der Waals surface area contributed by atoms with Crippen LogP contribution in [0.1, 0.15) is 24.7 Å². The molecular weight excluding hydrogens is 310 g/mol. The third-order valence-corrected chi connectivity index (χ3v) is 3.67. The van der Waals surface area contributed by atoms with Crippen LogP contribution >= 0.6 is 0 Å². The number of carbonyl (C=O) groups excluding carboxylic acids is 2. The van der Waals surface area contributed by atoms with E-state index in [4.69, 9.17) is 4.74 Å². The zero-order chi connectivity index (χ0) is 17.0. The average molecular weight is 330 g/mol. The van der Waals surface area contributed by atoms with E-state index in [2.05, 4.69) is 5.10 Å². The summed E-state index contributed by atoms with van der Waals surface area (Å²) in [6.45, 7) is 5.15. The van der Waals surface area contributed by atoms with E-state index in [1.165, 1.54) is 10.7 Å². The first kappa shape index (κ1) is 17.2. The van der Waals surface area contributed by atoms with Gasteiger partial charge in [0.05, 0.1) is 6.61 Å². The molecule has 0 aromatic carbocycles. The molecule has 0 unspecified atom stereocenters. The summed E-state index contributed by atoms with van der Waals surface area (Å²) < 4.78 is 31.4. The minimum atomic E-state index is -2.65. The van der Waals surface area contributed by atoms with Crippen LogP contribution in [0.3, 0.4) is 0 Å². The van der Waals surface area contributed by atoms with Gasteiger partial charge in [-0.25, -0.2) is 13.6 Å². The lowest BCUT2D eigenvalue weighted by molar-refractivity contribution is -0.133. The van der Waals surface area contributed by atoms with Crippen LogP contribution in [0.25, 0.3) is 0 Å². The second-order valence-corrected chi connectivity index (χ2v) is 5.24. The van der Waals surface area contributed by atoms with Gasteiger partial charge in [0.15, 0.2) is 0 Å². The van der Waals surface area contributed by atoms with Crippen molar-refractivity contribution in [3.63, 3.8) is 0 Å². The minimum absolute atomic E-state index is 0.0854. The van der Waals surface area contributed by atoms with Gasteiger partial charge in [0.2, 0.25) is 5.91 Å². The molecule has 1 saturated heterocycles. The maximum atomic E-state index is 12.6. The first-order valence-corrected chi connectivity index (χ1v) is 7.44. The molecule has 1 aliphatic heterocycles. The Morgan fingerprint density at radius 1 is 1.26 bits per heavy atom. The van der Waals surface area contributed by atoms with Gasteiger partial charge in [-0.1, -0.05) is 0 Å². The van der Waals surface area contributed by atoms with Crippen LogP contribution in [0.5, 0.6) is 0 Å². The van der Waals surface area contributed by atoms with E-state index in [-0.39, 0.29) is 24.2 Å². The highest BCUT2D eigenvalue weighted by Crippen LogP contribution is 2.18. The van der Waals surface area contributed by atoms with E-state index in [9.17, 15) is 18.4 Å². The molecule has 1 aliphatic rings. The smallest absolute Gasteiger partial charge is 0.409 e. The Hall–Kier alpha value is -2.19. The van der Waals surface area contributed by atoms with E-state index in [1.54, 1.807) is 23.6 Å². The number of ether oxygens (including phenoxy) is 1. The number of alkyl halides is 2. The Kier molecular flexibility index (Phi) is 5.51. The topological polar surface area (TPSA) is 67.7 Å². The van der Waals surface area contributed by atoms with Crippen molar-refractivity contribution < 1.29 is 23.1 Å².